The van der Waals surface area contributed by atoms with E-state index < -0.39 is 0 Å². The zero-order valence-corrected chi connectivity index (χ0v) is 18.5. The van der Waals surface area contributed by atoms with Crippen LogP contribution in [-0.2, 0) is 9.59 Å². The first kappa shape index (κ1) is 22.3. The van der Waals surface area contributed by atoms with Crippen molar-refractivity contribution in [2.45, 2.75) is 25.3 Å². The summed E-state index contributed by atoms with van der Waals surface area (Å²) in [5.74, 6) is 0.0993. The summed E-state index contributed by atoms with van der Waals surface area (Å²) in [6.07, 6.45) is 0.685. The number of anilines is 1. The molecule has 1 unspecified atom stereocenters. The van der Waals surface area contributed by atoms with Gasteiger partial charge in [-0.2, -0.15) is 0 Å². The number of carbonyl (C=O) groups is 4. The molecule has 33 heavy (non-hydrogen) atoms. The molecule has 9 heteroatoms. The summed E-state index contributed by atoms with van der Waals surface area (Å²) >= 11 is 0. The fraction of sp³-hybridized carbons (Fsp3) is 0.333. The first-order chi connectivity index (χ1) is 15.9. The van der Waals surface area contributed by atoms with Crippen LogP contribution in [0.2, 0.25) is 0 Å². The van der Waals surface area contributed by atoms with Gasteiger partial charge >= 0.3 is 0 Å². The molecule has 1 N–H and O–H groups in total. The van der Waals surface area contributed by atoms with Gasteiger partial charge in [-0.15, -0.1) is 0 Å². The van der Waals surface area contributed by atoms with Gasteiger partial charge in [0.2, 0.25) is 11.8 Å². The molecular weight excluding hydrogens is 426 g/mol. The maximum absolute atomic E-state index is 12.5. The highest BCUT2D eigenvalue weighted by Gasteiger charge is 2.35. The van der Waals surface area contributed by atoms with Crippen LogP contribution < -0.4 is 19.7 Å². The summed E-state index contributed by atoms with van der Waals surface area (Å²) in [6.45, 7) is 0.513. The second kappa shape index (κ2) is 9.32. The van der Waals surface area contributed by atoms with Crippen LogP contribution in [0, 0.1) is 0 Å². The van der Waals surface area contributed by atoms with Crippen LogP contribution in [0.5, 0.6) is 11.5 Å². The Hall–Kier alpha value is -3.88. The molecule has 0 aromatic heterocycles. The van der Waals surface area contributed by atoms with Crippen molar-refractivity contribution >= 4 is 29.3 Å². The van der Waals surface area contributed by atoms with E-state index in [0.717, 1.165) is 0 Å². The number of hydrogen-bond acceptors (Lipinski definition) is 6. The van der Waals surface area contributed by atoms with E-state index in [4.69, 9.17) is 9.47 Å². The van der Waals surface area contributed by atoms with Crippen molar-refractivity contribution in [3.63, 3.8) is 0 Å². The van der Waals surface area contributed by atoms with Gasteiger partial charge in [0.25, 0.3) is 11.8 Å². The molecule has 2 heterocycles. The Labute approximate surface area is 191 Å². The summed E-state index contributed by atoms with van der Waals surface area (Å²) < 4.78 is 10.5. The minimum atomic E-state index is -0.331. The Morgan fingerprint density at radius 3 is 2.30 bits per heavy atom. The third kappa shape index (κ3) is 4.39. The van der Waals surface area contributed by atoms with Crippen molar-refractivity contribution < 1.29 is 28.7 Å². The molecule has 4 amide bonds. The van der Waals surface area contributed by atoms with Crippen molar-refractivity contribution in [2.24, 2.45) is 0 Å². The van der Waals surface area contributed by atoms with Gasteiger partial charge in [-0.25, -0.2) is 0 Å². The average Bonchev–Trinajstić information content (AvgIpc) is 3.30. The molecule has 1 fully saturated rings. The topological polar surface area (TPSA) is 105 Å². The molecule has 0 saturated carbocycles. The van der Waals surface area contributed by atoms with Crippen LogP contribution >= 0.6 is 0 Å². The maximum atomic E-state index is 12.5. The number of fused-ring (bicyclic) bond motifs is 1. The van der Waals surface area contributed by atoms with E-state index >= 15 is 0 Å². The standard InChI is InChI=1S/C24H25N3O6/c1-32-19-10-9-16(13-20(19)33-2)27-14-15(12-22(27)29)25-21(28)8-5-11-26-23(30)17-6-3-4-7-18(17)24(26)31/h3-4,6-7,9-10,13,15H,5,8,11-12,14H2,1-2H3,(H,25,28). The lowest BCUT2D eigenvalue weighted by atomic mass is 10.1. The number of methoxy groups -OCH3 is 2. The number of hydrogen-bond donors (Lipinski definition) is 1. The molecular formula is C24H25N3O6. The van der Waals surface area contributed by atoms with Crippen LogP contribution in [0.3, 0.4) is 0 Å². The van der Waals surface area contributed by atoms with Gasteiger partial charge in [0.1, 0.15) is 0 Å². The van der Waals surface area contributed by atoms with Gasteiger partial charge in [-0.1, -0.05) is 12.1 Å². The zero-order valence-electron chi connectivity index (χ0n) is 18.5. The normalized spacial score (nSPS) is 17.4. The van der Waals surface area contributed by atoms with Crippen molar-refractivity contribution in [1.29, 1.82) is 0 Å². The van der Waals surface area contributed by atoms with Gasteiger partial charge in [0.05, 0.1) is 31.4 Å². The summed E-state index contributed by atoms with van der Waals surface area (Å²) in [4.78, 5) is 52.5. The lowest BCUT2D eigenvalue weighted by molar-refractivity contribution is -0.121. The largest absolute Gasteiger partial charge is 0.493 e. The van der Waals surface area contributed by atoms with Crippen LogP contribution in [0.25, 0.3) is 0 Å². The van der Waals surface area contributed by atoms with Gasteiger partial charge in [-0.05, 0) is 30.7 Å². The lowest BCUT2D eigenvalue weighted by Crippen LogP contribution is -2.38. The fourth-order valence-electron chi connectivity index (χ4n) is 4.19. The molecule has 1 saturated heterocycles. The van der Waals surface area contributed by atoms with E-state index in [1.54, 1.807) is 54.5 Å². The summed E-state index contributed by atoms with van der Waals surface area (Å²) in [5.41, 5.74) is 1.46. The maximum Gasteiger partial charge on any atom is 0.261 e. The SMILES string of the molecule is COc1ccc(N2CC(NC(=O)CCCN3C(=O)c4ccccc4C3=O)CC2=O)cc1OC. The molecule has 0 spiro atoms. The molecule has 4 rings (SSSR count). The van der Waals surface area contributed by atoms with Crippen molar-refractivity contribution in [2.75, 3.05) is 32.2 Å². The summed E-state index contributed by atoms with van der Waals surface area (Å²) in [6, 6.07) is 11.6. The number of ether oxygens (including phenoxy) is 2. The Morgan fingerprint density at radius 2 is 1.67 bits per heavy atom. The number of nitrogens with zero attached hydrogens (tertiary/aromatic N) is 2. The highest BCUT2D eigenvalue weighted by Crippen LogP contribution is 2.33. The van der Waals surface area contributed by atoms with Crippen LogP contribution in [0.4, 0.5) is 5.69 Å². The first-order valence-corrected chi connectivity index (χ1v) is 10.7. The predicted molar refractivity (Wildman–Crippen MR) is 119 cm³/mol. The quantitative estimate of drug-likeness (QED) is 0.616. The number of nitrogens with one attached hydrogen (secondary N) is 1. The van der Waals surface area contributed by atoms with Crippen LogP contribution in [0.15, 0.2) is 42.5 Å². The Morgan fingerprint density at radius 1 is 1.00 bits per heavy atom. The zero-order chi connectivity index (χ0) is 23.5. The Bertz CT molecular complexity index is 1080. The second-order valence-electron chi connectivity index (χ2n) is 7.92. The summed E-state index contributed by atoms with van der Waals surface area (Å²) in [7, 11) is 3.07. The molecule has 9 nitrogen and oxygen atoms in total. The molecule has 0 aliphatic carbocycles. The minimum absolute atomic E-state index is 0.0986. The number of rotatable bonds is 8. The van der Waals surface area contributed by atoms with Gasteiger partial charge < -0.3 is 19.7 Å². The van der Waals surface area contributed by atoms with Gasteiger partial charge in [0.15, 0.2) is 11.5 Å². The second-order valence-corrected chi connectivity index (χ2v) is 7.92. The molecule has 0 bridgehead atoms. The fourth-order valence-corrected chi connectivity index (χ4v) is 4.19. The number of benzene rings is 2. The van der Waals surface area contributed by atoms with E-state index in [1.807, 2.05) is 0 Å². The number of carbonyl (C=O) groups excluding carboxylic acids is 4. The van der Waals surface area contributed by atoms with Gasteiger partial charge in [0, 0.05) is 37.7 Å². The average molecular weight is 451 g/mol. The van der Waals surface area contributed by atoms with E-state index in [9.17, 15) is 19.2 Å². The minimum Gasteiger partial charge on any atom is -0.493 e. The third-order valence-electron chi connectivity index (χ3n) is 5.83. The first-order valence-electron chi connectivity index (χ1n) is 10.7. The highest BCUT2D eigenvalue weighted by molar-refractivity contribution is 6.21. The number of amides is 4. The van der Waals surface area contributed by atoms with Crippen molar-refractivity contribution in [1.82, 2.24) is 10.2 Å². The molecule has 2 aliphatic heterocycles. The smallest absolute Gasteiger partial charge is 0.261 e. The molecule has 172 valence electrons. The highest BCUT2D eigenvalue weighted by atomic mass is 16.5. The van der Waals surface area contributed by atoms with E-state index in [1.165, 1.54) is 12.0 Å². The number of imide groups is 1. The Balaban J connectivity index is 1.28. The van der Waals surface area contributed by atoms with Crippen molar-refractivity contribution in [3.05, 3.63) is 53.6 Å². The molecule has 0 radical (unpaired) electrons. The lowest BCUT2D eigenvalue weighted by Gasteiger charge is -2.19. The van der Waals surface area contributed by atoms with E-state index in [0.29, 0.717) is 41.3 Å². The molecule has 2 aromatic carbocycles. The van der Waals surface area contributed by atoms with Crippen molar-refractivity contribution in [3.8, 4) is 11.5 Å². The van der Waals surface area contributed by atoms with Crippen LogP contribution in [-0.4, -0.2) is 61.9 Å². The monoisotopic (exact) mass is 451 g/mol. The molecule has 2 aromatic rings. The molecule has 1 atom stereocenters. The van der Waals surface area contributed by atoms with E-state index in [-0.39, 0.29) is 49.1 Å². The van der Waals surface area contributed by atoms with E-state index in [2.05, 4.69) is 5.32 Å². The third-order valence-corrected chi connectivity index (χ3v) is 5.83. The van der Waals surface area contributed by atoms with Gasteiger partial charge in [-0.3, -0.25) is 24.1 Å². The van der Waals surface area contributed by atoms with Crippen LogP contribution in [0.1, 0.15) is 40.0 Å². The Kier molecular flexibility index (Phi) is 6.30. The predicted octanol–water partition coefficient (Wildman–Crippen LogP) is 2.00. The summed E-state index contributed by atoms with van der Waals surface area (Å²) in [5, 5.41) is 2.88. The molecule has 2 aliphatic rings.